The summed E-state index contributed by atoms with van der Waals surface area (Å²) >= 11 is 1.44. The third kappa shape index (κ3) is 7.27. The largest absolute Gasteiger partial charge is 0.390 e. The second kappa shape index (κ2) is 13.4. The summed E-state index contributed by atoms with van der Waals surface area (Å²) in [5.74, 6) is 0.370. The molecule has 12 heteroatoms. The van der Waals surface area contributed by atoms with Crippen LogP contribution in [0.15, 0.2) is 48.9 Å². The fourth-order valence-electron chi connectivity index (χ4n) is 5.69. The second-order valence-corrected chi connectivity index (χ2v) is 12.8. The fraction of sp³-hybridized carbons (Fsp3) is 0.438. The Bertz CT molecular complexity index is 1620. The van der Waals surface area contributed by atoms with Crippen molar-refractivity contribution >= 4 is 38.5 Å². The molecular formula is C32H37N7O4S. The molecule has 0 aliphatic heterocycles. The molecule has 2 fully saturated rings. The molecule has 2 saturated carbocycles. The number of aliphatic hydroxyl groups is 1. The van der Waals surface area contributed by atoms with E-state index in [-0.39, 0.29) is 42.5 Å². The Kier molecular flexibility index (Phi) is 9.22. The first-order valence-electron chi connectivity index (χ1n) is 15.1. The summed E-state index contributed by atoms with van der Waals surface area (Å²) in [7, 11) is 0. The maximum atomic E-state index is 12.9. The SMILES string of the molecule is Cc1cc(C(=O)NC[C@H](C)N[C@H]2C[C@@H](C(=O)Nc3nc4ccc(-c5cnc(CO[C@H]6CCC[C@@H]6O)nc5)cc4s3)C2)ccn1. The molecule has 1 aromatic carbocycles. The van der Waals surface area contributed by atoms with Gasteiger partial charge in [0.1, 0.15) is 6.61 Å². The van der Waals surface area contributed by atoms with Crippen LogP contribution in [-0.2, 0) is 16.1 Å². The van der Waals surface area contributed by atoms with Gasteiger partial charge in [0.05, 0.1) is 22.4 Å². The van der Waals surface area contributed by atoms with Gasteiger partial charge in [0.15, 0.2) is 11.0 Å². The Labute approximate surface area is 259 Å². The highest BCUT2D eigenvalue weighted by atomic mass is 32.1. The first kappa shape index (κ1) is 30.2. The number of benzene rings is 1. The Morgan fingerprint density at radius 2 is 1.91 bits per heavy atom. The summed E-state index contributed by atoms with van der Waals surface area (Å²) in [5, 5.41) is 20.0. The van der Waals surface area contributed by atoms with E-state index in [9.17, 15) is 14.7 Å². The van der Waals surface area contributed by atoms with Gasteiger partial charge in [0.25, 0.3) is 5.91 Å². The summed E-state index contributed by atoms with van der Waals surface area (Å²) in [5.41, 5.74) is 4.07. The van der Waals surface area contributed by atoms with Crippen molar-refractivity contribution < 1.29 is 19.4 Å². The molecule has 230 valence electrons. The molecular weight excluding hydrogens is 578 g/mol. The smallest absolute Gasteiger partial charge is 0.251 e. The van der Waals surface area contributed by atoms with Crippen LogP contribution in [0.5, 0.6) is 0 Å². The van der Waals surface area contributed by atoms with E-state index < -0.39 is 6.10 Å². The number of anilines is 1. The first-order valence-corrected chi connectivity index (χ1v) is 15.9. The molecule has 0 saturated heterocycles. The minimum Gasteiger partial charge on any atom is -0.390 e. The lowest BCUT2D eigenvalue weighted by Crippen LogP contribution is -2.51. The number of carbonyl (C=O) groups is 2. The van der Waals surface area contributed by atoms with E-state index in [2.05, 4.69) is 35.9 Å². The van der Waals surface area contributed by atoms with Gasteiger partial charge in [-0.1, -0.05) is 17.4 Å². The van der Waals surface area contributed by atoms with E-state index in [4.69, 9.17) is 4.74 Å². The van der Waals surface area contributed by atoms with Crippen molar-refractivity contribution in [2.24, 2.45) is 5.92 Å². The van der Waals surface area contributed by atoms with Crippen molar-refractivity contribution in [1.29, 1.82) is 0 Å². The molecule has 2 aliphatic carbocycles. The quantitative estimate of drug-likeness (QED) is 0.196. The summed E-state index contributed by atoms with van der Waals surface area (Å²) < 4.78 is 6.75. The molecule has 4 N–H and O–H groups in total. The highest BCUT2D eigenvalue weighted by molar-refractivity contribution is 7.22. The number of hydrogen-bond donors (Lipinski definition) is 4. The predicted octanol–water partition coefficient (Wildman–Crippen LogP) is 4.01. The molecule has 0 bridgehead atoms. The van der Waals surface area contributed by atoms with E-state index in [0.717, 1.165) is 59.1 Å². The number of ether oxygens (including phenoxy) is 1. The Balaban J connectivity index is 0.957. The normalized spacial score (nSPS) is 22.0. The summed E-state index contributed by atoms with van der Waals surface area (Å²) in [4.78, 5) is 42.9. The lowest BCUT2D eigenvalue weighted by atomic mass is 9.79. The van der Waals surface area contributed by atoms with Gasteiger partial charge in [-0.2, -0.15) is 0 Å². The van der Waals surface area contributed by atoms with Gasteiger partial charge in [0.2, 0.25) is 5.91 Å². The maximum Gasteiger partial charge on any atom is 0.251 e. The molecule has 3 atom stereocenters. The second-order valence-electron chi connectivity index (χ2n) is 11.8. The van der Waals surface area contributed by atoms with Crippen LogP contribution in [0.3, 0.4) is 0 Å². The van der Waals surface area contributed by atoms with Crippen molar-refractivity contribution in [2.75, 3.05) is 11.9 Å². The van der Waals surface area contributed by atoms with Gasteiger partial charge in [0, 0.05) is 60.0 Å². The van der Waals surface area contributed by atoms with Crippen LogP contribution >= 0.6 is 11.3 Å². The molecule has 11 nitrogen and oxygen atoms in total. The minimum absolute atomic E-state index is 0.0207. The van der Waals surface area contributed by atoms with Crippen molar-refractivity contribution in [2.45, 2.75) is 76.9 Å². The summed E-state index contributed by atoms with van der Waals surface area (Å²) in [6.07, 6.45) is 8.76. The van der Waals surface area contributed by atoms with Gasteiger partial charge in [-0.3, -0.25) is 14.6 Å². The Morgan fingerprint density at radius 3 is 2.66 bits per heavy atom. The van der Waals surface area contributed by atoms with Gasteiger partial charge < -0.3 is 25.8 Å². The number of rotatable bonds is 11. The Hall–Kier alpha value is -3.84. The highest BCUT2D eigenvalue weighted by Gasteiger charge is 2.35. The molecule has 0 spiro atoms. The third-order valence-electron chi connectivity index (χ3n) is 8.26. The molecule has 0 unspecified atom stereocenters. The number of fused-ring (bicyclic) bond motifs is 1. The van der Waals surface area contributed by atoms with E-state index in [1.807, 2.05) is 32.0 Å². The molecule has 3 aromatic heterocycles. The van der Waals surface area contributed by atoms with Crippen LogP contribution in [-0.4, -0.2) is 67.7 Å². The molecule has 2 amide bonds. The zero-order chi connectivity index (χ0) is 30.6. The number of pyridine rings is 1. The number of aryl methyl sites for hydroxylation is 1. The molecule has 0 radical (unpaired) electrons. The van der Waals surface area contributed by atoms with Crippen LogP contribution in [0.25, 0.3) is 21.3 Å². The van der Waals surface area contributed by atoms with Crippen molar-refractivity contribution in [1.82, 2.24) is 30.6 Å². The zero-order valence-electron chi connectivity index (χ0n) is 24.8. The van der Waals surface area contributed by atoms with Crippen LogP contribution in [0.1, 0.15) is 60.9 Å². The number of aliphatic hydroxyl groups excluding tert-OH is 1. The zero-order valence-corrected chi connectivity index (χ0v) is 25.6. The molecule has 44 heavy (non-hydrogen) atoms. The summed E-state index contributed by atoms with van der Waals surface area (Å²) in [6.45, 7) is 4.66. The van der Waals surface area contributed by atoms with Gasteiger partial charge >= 0.3 is 0 Å². The molecule has 6 rings (SSSR count). The summed E-state index contributed by atoms with van der Waals surface area (Å²) in [6, 6.07) is 9.73. The van der Waals surface area contributed by atoms with E-state index in [0.29, 0.717) is 23.1 Å². The Morgan fingerprint density at radius 1 is 1.09 bits per heavy atom. The first-order chi connectivity index (χ1) is 21.3. The van der Waals surface area contributed by atoms with E-state index >= 15 is 0 Å². The number of nitrogens with one attached hydrogen (secondary N) is 3. The van der Waals surface area contributed by atoms with Crippen LogP contribution in [0.2, 0.25) is 0 Å². The minimum atomic E-state index is -0.401. The number of carbonyl (C=O) groups excluding carboxylic acids is 2. The van der Waals surface area contributed by atoms with Crippen molar-refractivity contribution in [3.8, 4) is 11.1 Å². The number of nitrogens with zero attached hydrogens (tertiary/aromatic N) is 4. The average molecular weight is 616 g/mol. The third-order valence-corrected chi connectivity index (χ3v) is 9.19. The molecule has 4 aromatic rings. The number of thiazole rings is 1. The van der Waals surface area contributed by atoms with Crippen LogP contribution < -0.4 is 16.0 Å². The standard InChI is InChI=1S/C32H37N7O4S/c1-18-10-21(8-9-33-18)30(41)36-14-19(2)37-24-11-22(12-24)31(42)39-32-38-25-7-6-20(13-28(25)44-32)23-15-34-29(35-16-23)17-43-27-5-3-4-26(27)40/h6-10,13,15-16,19,22,24,26-27,37,40H,3-5,11-12,14,17H2,1-2H3,(H,36,41)(H,38,39,42)/t19-,22-,24+,26-,27-/m0/s1. The predicted molar refractivity (Wildman–Crippen MR) is 168 cm³/mol. The number of hydrogen-bond acceptors (Lipinski definition) is 10. The lowest BCUT2D eigenvalue weighted by Gasteiger charge is -2.36. The number of amides is 2. The average Bonchev–Trinajstić information content (AvgIpc) is 3.60. The maximum absolute atomic E-state index is 12.9. The van der Waals surface area contributed by atoms with Crippen molar-refractivity contribution in [3.05, 3.63) is 66.0 Å². The fourth-order valence-corrected chi connectivity index (χ4v) is 6.60. The number of aromatic nitrogens is 4. The molecule has 2 aliphatic rings. The van der Waals surface area contributed by atoms with Gasteiger partial charge in [-0.15, -0.1) is 0 Å². The lowest BCUT2D eigenvalue weighted by molar-refractivity contribution is -0.123. The van der Waals surface area contributed by atoms with Crippen LogP contribution in [0, 0.1) is 12.8 Å². The van der Waals surface area contributed by atoms with Crippen molar-refractivity contribution in [3.63, 3.8) is 0 Å². The topological polar surface area (TPSA) is 151 Å². The molecule has 3 heterocycles. The van der Waals surface area contributed by atoms with E-state index in [1.165, 1.54) is 11.3 Å². The highest BCUT2D eigenvalue weighted by Crippen LogP contribution is 2.33. The van der Waals surface area contributed by atoms with Gasteiger partial charge in [-0.05, 0) is 75.8 Å². The van der Waals surface area contributed by atoms with Crippen LogP contribution in [0.4, 0.5) is 5.13 Å². The van der Waals surface area contributed by atoms with Gasteiger partial charge in [-0.25, -0.2) is 15.0 Å². The van der Waals surface area contributed by atoms with E-state index in [1.54, 1.807) is 30.7 Å². The monoisotopic (exact) mass is 615 g/mol.